The lowest BCUT2D eigenvalue weighted by Crippen LogP contribution is -2.14. The Morgan fingerprint density at radius 2 is 1.91 bits per heavy atom. The molecule has 1 N–H and O–H groups in total. The van der Waals surface area contributed by atoms with Crippen molar-refractivity contribution in [3.8, 4) is 17.4 Å². The predicted octanol–water partition coefficient (Wildman–Crippen LogP) is 2.95. The molecule has 0 aliphatic rings. The zero-order valence-electron chi connectivity index (χ0n) is 12.7. The second kappa shape index (κ2) is 5.55. The summed E-state index contributed by atoms with van der Waals surface area (Å²) < 4.78 is 12.3. The summed E-state index contributed by atoms with van der Waals surface area (Å²) in [5, 5.41) is 3.04. The van der Waals surface area contributed by atoms with Gasteiger partial charge in [-0.1, -0.05) is 26.0 Å². The largest absolute Gasteiger partial charge is 0.493 e. The molecule has 0 atom stereocenters. The van der Waals surface area contributed by atoms with Gasteiger partial charge in [-0.05, 0) is 18.1 Å². The molecule has 0 saturated heterocycles. The highest BCUT2D eigenvalue weighted by atomic mass is 16.5. The van der Waals surface area contributed by atoms with Gasteiger partial charge < -0.3 is 9.47 Å². The number of para-hydroxylation sites is 2. The summed E-state index contributed by atoms with van der Waals surface area (Å²) in [6, 6.07) is 10.4. The third-order valence-corrected chi connectivity index (χ3v) is 3.35. The third-order valence-electron chi connectivity index (χ3n) is 3.35. The van der Waals surface area contributed by atoms with E-state index in [0.717, 1.165) is 5.69 Å². The Bertz CT molecular complexity index is 864. The number of rotatable bonds is 4. The van der Waals surface area contributed by atoms with Crippen LogP contribution in [0.2, 0.25) is 0 Å². The van der Waals surface area contributed by atoms with Crippen molar-refractivity contribution < 1.29 is 9.47 Å². The van der Waals surface area contributed by atoms with E-state index in [2.05, 4.69) is 10.1 Å². The predicted molar refractivity (Wildman–Crippen MR) is 83.0 cm³/mol. The molecule has 0 unspecified atom stereocenters. The molecule has 0 bridgehead atoms. The van der Waals surface area contributed by atoms with Gasteiger partial charge in [0, 0.05) is 11.8 Å². The number of hydrogen-bond acceptors (Lipinski definition) is 4. The maximum Gasteiger partial charge on any atom is 0.276 e. The van der Waals surface area contributed by atoms with Crippen molar-refractivity contribution in [2.45, 2.75) is 19.8 Å². The average molecular weight is 299 g/mol. The highest BCUT2D eigenvalue weighted by Gasteiger charge is 2.11. The Morgan fingerprint density at radius 1 is 1.18 bits per heavy atom. The van der Waals surface area contributed by atoms with E-state index in [0.29, 0.717) is 17.1 Å². The van der Waals surface area contributed by atoms with Gasteiger partial charge in [0.25, 0.3) is 5.56 Å². The van der Waals surface area contributed by atoms with Crippen molar-refractivity contribution >= 4 is 5.65 Å². The molecular weight excluding hydrogens is 282 g/mol. The highest BCUT2D eigenvalue weighted by molar-refractivity contribution is 5.45. The second-order valence-electron chi connectivity index (χ2n) is 5.25. The number of hydrogen-bond donors (Lipinski definition) is 1. The SMILES string of the molecule is COc1ccccc1Oc1cc(=O)n2[nH]c(C(C)C)cc2n1. The van der Waals surface area contributed by atoms with Crippen LogP contribution in [0.1, 0.15) is 25.5 Å². The van der Waals surface area contributed by atoms with Crippen molar-refractivity contribution in [1.29, 1.82) is 0 Å². The number of aromatic nitrogens is 3. The van der Waals surface area contributed by atoms with E-state index in [1.807, 2.05) is 32.0 Å². The molecule has 2 aromatic heterocycles. The van der Waals surface area contributed by atoms with E-state index in [9.17, 15) is 4.79 Å². The van der Waals surface area contributed by atoms with Crippen LogP contribution in [0, 0.1) is 0 Å². The molecule has 3 aromatic rings. The molecule has 0 aliphatic carbocycles. The van der Waals surface area contributed by atoms with Crippen LogP contribution in [-0.2, 0) is 0 Å². The summed E-state index contributed by atoms with van der Waals surface area (Å²) >= 11 is 0. The Labute approximate surface area is 127 Å². The molecule has 6 heteroatoms. The van der Waals surface area contributed by atoms with E-state index in [-0.39, 0.29) is 17.4 Å². The third kappa shape index (κ3) is 2.55. The minimum Gasteiger partial charge on any atom is -0.493 e. The molecule has 2 heterocycles. The minimum atomic E-state index is -0.221. The Kier molecular flexibility index (Phi) is 3.58. The fraction of sp³-hybridized carbons (Fsp3) is 0.250. The quantitative estimate of drug-likeness (QED) is 0.804. The molecular formula is C16H17N3O3. The molecule has 0 spiro atoms. The molecule has 1 aromatic carbocycles. The average Bonchev–Trinajstić information content (AvgIpc) is 2.93. The number of ether oxygens (including phenoxy) is 2. The number of aromatic amines is 1. The van der Waals surface area contributed by atoms with Crippen molar-refractivity contribution in [3.63, 3.8) is 0 Å². The smallest absolute Gasteiger partial charge is 0.276 e. The lowest BCUT2D eigenvalue weighted by molar-refractivity contribution is 0.374. The maximum atomic E-state index is 12.2. The number of fused-ring (bicyclic) bond motifs is 1. The monoisotopic (exact) mass is 299 g/mol. The van der Waals surface area contributed by atoms with Gasteiger partial charge in [0.1, 0.15) is 0 Å². The Balaban J connectivity index is 2.03. The van der Waals surface area contributed by atoms with Crippen molar-refractivity contribution in [1.82, 2.24) is 14.6 Å². The topological polar surface area (TPSA) is 68.6 Å². The van der Waals surface area contributed by atoms with Crippen LogP contribution in [0.25, 0.3) is 5.65 Å². The molecule has 0 aliphatic heterocycles. The van der Waals surface area contributed by atoms with Crippen LogP contribution in [0.4, 0.5) is 0 Å². The van der Waals surface area contributed by atoms with E-state index >= 15 is 0 Å². The molecule has 6 nitrogen and oxygen atoms in total. The number of nitrogens with zero attached hydrogens (tertiary/aromatic N) is 2. The molecule has 22 heavy (non-hydrogen) atoms. The molecule has 0 amide bonds. The highest BCUT2D eigenvalue weighted by Crippen LogP contribution is 2.29. The lowest BCUT2D eigenvalue weighted by atomic mass is 10.1. The van der Waals surface area contributed by atoms with Crippen LogP contribution in [-0.4, -0.2) is 21.7 Å². The molecule has 0 saturated carbocycles. The van der Waals surface area contributed by atoms with Gasteiger partial charge >= 0.3 is 0 Å². The van der Waals surface area contributed by atoms with Gasteiger partial charge in [-0.25, -0.2) is 4.52 Å². The zero-order chi connectivity index (χ0) is 15.7. The summed E-state index contributed by atoms with van der Waals surface area (Å²) in [6.45, 7) is 4.09. The van der Waals surface area contributed by atoms with Gasteiger partial charge in [0.15, 0.2) is 17.1 Å². The summed E-state index contributed by atoms with van der Waals surface area (Å²) in [7, 11) is 1.56. The fourth-order valence-corrected chi connectivity index (χ4v) is 2.15. The van der Waals surface area contributed by atoms with Crippen LogP contribution in [0.15, 0.2) is 41.2 Å². The first-order valence-corrected chi connectivity index (χ1v) is 7.02. The van der Waals surface area contributed by atoms with Crippen LogP contribution in [0.3, 0.4) is 0 Å². The molecule has 114 valence electrons. The minimum absolute atomic E-state index is 0.221. The van der Waals surface area contributed by atoms with Gasteiger partial charge in [0.2, 0.25) is 5.88 Å². The van der Waals surface area contributed by atoms with E-state index in [1.165, 1.54) is 10.6 Å². The second-order valence-corrected chi connectivity index (χ2v) is 5.25. The summed E-state index contributed by atoms with van der Waals surface area (Å²) in [6.07, 6.45) is 0. The van der Waals surface area contributed by atoms with Crippen molar-refractivity contribution in [2.75, 3.05) is 7.11 Å². The number of nitrogens with one attached hydrogen (secondary N) is 1. The summed E-state index contributed by atoms with van der Waals surface area (Å²) in [5.74, 6) is 1.62. The van der Waals surface area contributed by atoms with Gasteiger partial charge in [-0.15, -0.1) is 0 Å². The van der Waals surface area contributed by atoms with Crippen LogP contribution >= 0.6 is 0 Å². The van der Waals surface area contributed by atoms with Crippen LogP contribution in [0.5, 0.6) is 17.4 Å². The van der Waals surface area contributed by atoms with Crippen molar-refractivity contribution in [2.24, 2.45) is 0 Å². The number of methoxy groups -OCH3 is 1. The molecule has 0 fully saturated rings. The van der Waals surface area contributed by atoms with Crippen molar-refractivity contribution in [3.05, 3.63) is 52.4 Å². The maximum absolute atomic E-state index is 12.2. The molecule has 3 rings (SSSR count). The van der Waals surface area contributed by atoms with Crippen LogP contribution < -0.4 is 15.0 Å². The lowest BCUT2D eigenvalue weighted by Gasteiger charge is -2.08. The van der Waals surface area contributed by atoms with Gasteiger partial charge in [-0.2, -0.15) is 4.98 Å². The van der Waals surface area contributed by atoms with E-state index < -0.39 is 0 Å². The zero-order valence-corrected chi connectivity index (χ0v) is 12.7. The first-order chi connectivity index (χ1) is 10.6. The number of H-pyrrole nitrogens is 1. The van der Waals surface area contributed by atoms with E-state index in [4.69, 9.17) is 9.47 Å². The Hall–Kier alpha value is -2.76. The molecule has 0 radical (unpaired) electrons. The van der Waals surface area contributed by atoms with Gasteiger partial charge in [-0.3, -0.25) is 9.89 Å². The first kappa shape index (κ1) is 14.2. The summed E-state index contributed by atoms with van der Waals surface area (Å²) in [5.41, 5.74) is 1.25. The first-order valence-electron chi connectivity index (χ1n) is 7.02. The Morgan fingerprint density at radius 3 is 2.59 bits per heavy atom. The standard InChI is InChI=1S/C16H17N3O3/c1-10(2)11-8-14-17-15(9-16(20)19(14)18-11)22-13-7-5-4-6-12(13)21-3/h4-10,18H,1-3H3. The summed E-state index contributed by atoms with van der Waals surface area (Å²) in [4.78, 5) is 16.5. The number of benzene rings is 1. The van der Waals surface area contributed by atoms with E-state index in [1.54, 1.807) is 19.2 Å². The normalized spacial score (nSPS) is 11.1. The van der Waals surface area contributed by atoms with Gasteiger partial charge in [0.05, 0.1) is 13.2 Å². The fourth-order valence-electron chi connectivity index (χ4n) is 2.15.